The maximum absolute atomic E-state index is 5.91. The molecule has 0 aliphatic heterocycles. The normalized spacial score (nSPS) is 34.0. The molecule has 2 unspecified atom stereocenters. The van der Waals surface area contributed by atoms with E-state index in [2.05, 4.69) is 19.2 Å². The van der Waals surface area contributed by atoms with E-state index in [-0.39, 0.29) is 0 Å². The first kappa shape index (κ1) is 11.4. The van der Waals surface area contributed by atoms with Crippen LogP contribution in [0.4, 0.5) is 0 Å². The molecule has 0 bridgehead atoms. The summed E-state index contributed by atoms with van der Waals surface area (Å²) in [6, 6.07) is 0.736. The Kier molecular flexibility index (Phi) is 3.68. The van der Waals surface area contributed by atoms with Gasteiger partial charge >= 0.3 is 0 Å². The van der Waals surface area contributed by atoms with Crippen LogP contribution in [0, 0.1) is 5.41 Å². The third-order valence-corrected chi connectivity index (χ3v) is 4.39. The molecule has 1 N–H and O–H groups in total. The lowest BCUT2D eigenvalue weighted by atomic mass is 9.55. The van der Waals surface area contributed by atoms with E-state index in [1.54, 1.807) is 0 Å². The molecule has 2 saturated carbocycles. The number of hydrogen-bond donors (Lipinski definition) is 1. The van der Waals surface area contributed by atoms with Crippen molar-refractivity contribution in [1.82, 2.24) is 5.32 Å². The molecule has 1 spiro atoms. The van der Waals surface area contributed by atoms with E-state index < -0.39 is 0 Å². The Bertz CT molecular complexity index is 185. The molecule has 2 aliphatic rings. The smallest absolute Gasteiger partial charge is 0.0661 e. The molecule has 0 radical (unpaired) electrons. The Balaban J connectivity index is 1.99. The maximum Gasteiger partial charge on any atom is 0.0661 e. The van der Waals surface area contributed by atoms with Crippen LogP contribution in [0.15, 0.2) is 0 Å². The second-order valence-corrected chi connectivity index (χ2v) is 5.08. The summed E-state index contributed by atoms with van der Waals surface area (Å²) in [6.07, 6.45) is 8.80. The third kappa shape index (κ3) is 1.94. The van der Waals surface area contributed by atoms with Crippen LogP contribution in [0.1, 0.15) is 52.4 Å². The van der Waals surface area contributed by atoms with Crippen molar-refractivity contribution in [2.24, 2.45) is 5.41 Å². The van der Waals surface area contributed by atoms with E-state index in [1.807, 2.05) is 0 Å². The van der Waals surface area contributed by atoms with Crippen molar-refractivity contribution in [3.63, 3.8) is 0 Å². The minimum absolute atomic E-state index is 0.504. The van der Waals surface area contributed by atoms with Gasteiger partial charge in [0.25, 0.3) is 0 Å². The Labute approximate surface area is 93.8 Å². The molecule has 88 valence electrons. The lowest BCUT2D eigenvalue weighted by Crippen LogP contribution is -2.64. The number of rotatable bonds is 4. The van der Waals surface area contributed by atoms with Crippen molar-refractivity contribution in [3.05, 3.63) is 0 Å². The van der Waals surface area contributed by atoms with Crippen LogP contribution in [-0.4, -0.2) is 25.3 Å². The molecule has 2 heteroatoms. The highest BCUT2D eigenvalue weighted by atomic mass is 16.5. The van der Waals surface area contributed by atoms with E-state index in [0.29, 0.717) is 11.5 Å². The van der Waals surface area contributed by atoms with Crippen LogP contribution in [0.5, 0.6) is 0 Å². The summed E-state index contributed by atoms with van der Waals surface area (Å²) in [7, 11) is 0. The summed E-state index contributed by atoms with van der Waals surface area (Å²) >= 11 is 0. The molecule has 2 fully saturated rings. The average Bonchev–Trinajstić information content (AvgIpc) is 2.29. The van der Waals surface area contributed by atoms with Gasteiger partial charge in [0.15, 0.2) is 0 Å². The van der Waals surface area contributed by atoms with E-state index in [4.69, 9.17) is 4.74 Å². The minimum Gasteiger partial charge on any atom is -0.378 e. The number of hydrogen-bond acceptors (Lipinski definition) is 2. The summed E-state index contributed by atoms with van der Waals surface area (Å²) in [6.45, 7) is 6.32. The molecular weight excluding hydrogens is 186 g/mol. The molecule has 2 atom stereocenters. The number of ether oxygens (including phenoxy) is 1. The Hall–Kier alpha value is -0.0800. The first-order chi connectivity index (χ1) is 7.33. The van der Waals surface area contributed by atoms with Crippen molar-refractivity contribution < 1.29 is 4.74 Å². The quantitative estimate of drug-likeness (QED) is 0.772. The SMILES string of the molecule is CCNC1CC(OCC)C12CCCCC2. The first-order valence-corrected chi connectivity index (χ1v) is 6.68. The molecule has 2 aliphatic carbocycles. The fourth-order valence-corrected chi connectivity index (χ4v) is 3.60. The van der Waals surface area contributed by atoms with E-state index >= 15 is 0 Å². The highest BCUT2D eigenvalue weighted by Crippen LogP contribution is 2.53. The fourth-order valence-electron chi connectivity index (χ4n) is 3.60. The van der Waals surface area contributed by atoms with Crippen LogP contribution in [0.3, 0.4) is 0 Å². The third-order valence-electron chi connectivity index (χ3n) is 4.39. The molecule has 2 rings (SSSR count). The predicted octanol–water partition coefficient (Wildman–Crippen LogP) is 2.72. The Morgan fingerprint density at radius 2 is 1.93 bits per heavy atom. The molecule has 0 aromatic heterocycles. The Morgan fingerprint density at radius 3 is 2.53 bits per heavy atom. The molecule has 0 amide bonds. The van der Waals surface area contributed by atoms with Crippen LogP contribution in [-0.2, 0) is 4.74 Å². The van der Waals surface area contributed by atoms with Gasteiger partial charge in [0.05, 0.1) is 6.10 Å². The van der Waals surface area contributed by atoms with Crippen LogP contribution >= 0.6 is 0 Å². The van der Waals surface area contributed by atoms with Crippen LogP contribution in [0.25, 0.3) is 0 Å². The molecule has 0 saturated heterocycles. The van der Waals surface area contributed by atoms with Gasteiger partial charge < -0.3 is 10.1 Å². The maximum atomic E-state index is 5.91. The zero-order valence-electron chi connectivity index (χ0n) is 10.2. The van der Waals surface area contributed by atoms with Crippen molar-refractivity contribution in [3.8, 4) is 0 Å². The van der Waals surface area contributed by atoms with Gasteiger partial charge in [-0.1, -0.05) is 26.2 Å². The van der Waals surface area contributed by atoms with Crippen molar-refractivity contribution in [2.75, 3.05) is 13.2 Å². The lowest BCUT2D eigenvalue weighted by Gasteiger charge is -2.58. The summed E-state index contributed by atoms with van der Waals surface area (Å²) in [5, 5.41) is 3.65. The summed E-state index contributed by atoms with van der Waals surface area (Å²) in [4.78, 5) is 0. The summed E-state index contributed by atoms with van der Waals surface area (Å²) in [5.74, 6) is 0. The van der Waals surface area contributed by atoms with Crippen LogP contribution < -0.4 is 5.32 Å². The molecule has 15 heavy (non-hydrogen) atoms. The second-order valence-electron chi connectivity index (χ2n) is 5.08. The van der Waals surface area contributed by atoms with Gasteiger partial charge in [-0.15, -0.1) is 0 Å². The molecule has 0 aromatic rings. The average molecular weight is 211 g/mol. The van der Waals surface area contributed by atoms with E-state index in [1.165, 1.54) is 38.5 Å². The van der Waals surface area contributed by atoms with Gasteiger partial charge in [0, 0.05) is 18.1 Å². The van der Waals surface area contributed by atoms with Crippen molar-refractivity contribution >= 4 is 0 Å². The zero-order valence-corrected chi connectivity index (χ0v) is 10.2. The van der Waals surface area contributed by atoms with E-state index in [0.717, 1.165) is 19.2 Å². The molecule has 0 aromatic carbocycles. The summed E-state index contributed by atoms with van der Waals surface area (Å²) < 4.78 is 5.91. The van der Waals surface area contributed by atoms with Gasteiger partial charge in [-0.25, -0.2) is 0 Å². The first-order valence-electron chi connectivity index (χ1n) is 6.68. The summed E-state index contributed by atoms with van der Waals surface area (Å²) in [5.41, 5.74) is 0.504. The molecule has 2 nitrogen and oxygen atoms in total. The standard InChI is InChI=1S/C13H25NO/c1-3-14-11-10-12(15-4-2)13(11)8-6-5-7-9-13/h11-12,14H,3-10H2,1-2H3. The van der Waals surface area contributed by atoms with Gasteiger partial charge in [0.1, 0.15) is 0 Å². The zero-order chi connectivity index (χ0) is 10.7. The monoisotopic (exact) mass is 211 g/mol. The fraction of sp³-hybridized carbons (Fsp3) is 1.00. The number of nitrogens with one attached hydrogen (secondary N) is 1. The van der Waals surface area contributed by atoms with Crippen molar-refractivity contribution in [1.29, 1.82) is 0 Å². The van der Waals surface area contributed by atoms with E-state index in [9.17, 15) is 0 Å². The second kappa shape index (κ2) is 4.84. The van der Waals surface area contributed by atoms with Crippen LogP contribution in [0.2, 0.25) is 0 Å². The molecular formula is C13H25NO. The largest absolute Gasteiger partial charge is 0.378 e. The van der Waals surface area contributed by atoms with Gasteiger partial charge in [-0.2, -0.15) is 0 Å². The molecule has 0 heterocycles. The highest BCUT2D eigenvalue weighted by Gasteiger charge is 2.54. The van der Waals surface area contributed by atoms with Gasteiger partial charge in [-0.05, 0) is 32.7 Å². The lowest BCUT2D eigenvalue weighted by molar-refractivity contribution is -0.149. The van der Waals surface area contributed by atoms with Crippen molar-refractivity contribution in [2.45, 2.75) is 64.5 Å². The van der Waals surface area contributed by atoms with Gasteiger partial charge in [-0.3, -0.25) is 0 Å². The Morgan fingerprint density at radius 1 is 1.20 bits per heavy atom. The minimum atomic E-state index is 0.504. The predicted molar refractivity (Wildman–Crippen MR) is 63.0 cm³/mol. The topological polar surface area (TPSA) is 21.3 Å². The highest BCUT2D eigenvalue weighted by molar-refractivity contribution is 5.08. The van der Waals surface area contributed by atoms with Gasteiger partial charge in [0.2, 0.25) is 0 Å².